The minimum Gasteiger partial charge on any atom is -0.481 e. The Hall–Kier alpha value is -5.58. The molecule has 0 aromatic heterocycles. The summed E-state index contributed by atoms with van der Waals surface area (Å²) in [5, 5.41) is 30.2. The molecule has 1 heterocycles. The third-order valence-electron chi connectivity index (χ3n) is 10.5. The number of rotatable bonds is 29. The van der Waals surface area contributed by atoms with Gasteiger partial charge in [-0.2, -0.15) is 0 Å². The number of hydrogen-bond donors (Lipinski definition) is 7. The highest BCUT2D eigenvalue weighted by Crippen LogP contribution is 2.35. The molecule has 6 amide bonds. The second-order valence-corrected chi connectivity index (χ2v) is 15.5. The fraction of sp³-hybridized carbons (Fsp3) is 0.581. The number of nitrogens with one attached hydrogen (secondary N) is 4. The number of amides is 6. The molecule has 3 atom stereocenters. The summed E-state index contributed by atoms with van der Waals surface area (Å²) in [7, 11) is 3.71. The summed E-state index contributed by atoms with van der Waals surface area (Å²) < 4.78 is 0. The van der Waals surface area contributed by atoms with E-state index in [1.54, 1.807) is 24.3 Å². The van der Waals surface area contributed by atoms with E-state index in [0.717, 1.165) is 35.2 Å². The van der Waals surface area contributed by atoms with Crippen LogP contribution in [0, 0.1) is 0 Å². The van der Waals surface area contributed by atoms with Crippen molar-refractivity contribution in [1.82, 2.24) is 26.2 Å². The van der Waals surface area contributed by atoms with E-state index in [9.17, 15) is 43.5 Å². The van der Waals surface area contributed by atoms with E-state index in [-0.39, 0.29) is 57.5 Å². The van der Waals surface area contributed by atoms with Crippen molar-refractivity contribution < 1.29 is 48.6 Å². The average Bonchev–Trinajstić information content (AvgIpc) is 3.20. The van der Waals surface area contributed by atoms with Gasteiger partial charge in [0.1, 0.15) is 12.1 Å². The lowest BCUT2D eigenvalue weighted by Crippen LogP contribution is -2.53. The van der Waals surface area contributed by atoms with Crippen LogP contribution in [0.1, 0.15) is 130 Å². The van der Waals surface area contributed by atoms with Crippen molar-refractivity contribution in [3.05, 3.63) is 41.5 Å². The van der Waals surface area contributed by atoms with Gasteiger partial charge in [0.2, 0.25) is 23.6 Å². The zero-order chi connectivity index (χ0) is 44.2. The van der Waals surface area contributed by atoms with Gasteiger partial charge in [0, 0.05) is 80.6 Å². The summed E-state index contributed by atoms with van der Waals surface area (Å²) in [6.45, 7) is 2.12. The van der Waals surface area contributed by atoms with Crippen molar-refractivity contribution in [2.45, 2.75) is 128 Å². The van der Waals surface area contributed by atoms with Crippen LogP contribution in [0.4, 0.5) is 5.69 Å². The number of carboxylic acid groups (broad SMARTS) is 2. The summed E-state index contributed by atoms with van der Waals surface area (Å²) in [5.74, 6) is -5.64. The number of carboxylic acids is 2. The molecule has 0 saturated heterocycles. The normalized spacial score (nSPS) is 13.6. The maximum atomic E-state index is 13.8. The Morgan fingerprint density at radius 2 is 1.35 bits per heavy atom. The lowest BCUT2D eigenvalue weighted by molar-refractivity contribution is -0.142. The summed E-state index contributed by atoms with van der Waals surface area (Å²) >= 11 is 0. The molecule has 0 radical (unpaired) electrons. The van der Waals surface area contributed by atoms with Gasteiger partial charge in [-0.25, -0.2) is 4.79 Å². The Bertz CT molecular complexity index is 1810. The van der Waals surface area contributed by atoms with Crippen LogP contribution in [0.15, 0.2) is 30.3 Å². The van der Waals surface area contributed by atoms with Crippen LogP contribution >= 0.6 is 0 Å². The van der Waals surface area contributed by atoms with E-state index in [1.807, 2.05) is 25.1 Å². The molecule has 2 aromatic rings. The molecular formula is C43H63N7O10. The minimum atomic E-state index is -1.39. The van der Waals surface area contributed by atoms with Crippen molar-refractivity contribution >= 4 is 63.8 Å². The third-order valence-corrected chi connectivity index (χ3v) is 10.5. The lowest BCUT2D eigenvalue weighted by Gasteiger charge is -2.30. The highest BCUT2D eigenvalue weighted by atomic mass is 16.4. The van der Waals surface area contributed by atoms with Crippen LogP contribution in [0.2, 0.25) is 0 Å². The van der Waals surface area contributed by atoms with E-state index >= 15 is 0 Å². The smallest absolute Gasteiger partial charge is 0.326 e. The molecule has 0 bridgehead atoms. The summed E-state index contributed by atoms with van der Waals surface area (Å²) in [6.07, 6.45) is 8.75. The maximum Gasteiger partial charge on any atom is 0.326 e. The molecular weight excluding hydrogens is 775 g/mol. The predicted molar refractivity (Wildman–Crippen MR) is 226 cm³/mol. The first kappa shape index (κ1) is 48.8. The molecule has 1 aliphatic heterocycles. The molecule has 3 rings (SSSR count). The van der Waals surface area contributed by atoms with Crippen LogP contribution in [0.25, 0.3) is 10.8 Å². The molecule has 17 nitrogen and oxygen atoms in total. The van der Waals surface area contributed by atoms with E-state index in [0.29, 0.717) is 42.3 Å². The van der Waals surface area contributed by atoms with Crippen molar-refractivity contribution in [2.24, 2.45) is 5.73 Å². The van der Waals surface area contributed by atoms with Gasteiger partial charge in [-0.3, -0.25) is 38.5 Å². The first-order valence-corrected chi connectivity index (χ1v) is 21.1. The van der Waals surface area contributed by atoms with Gasteiger partial charge in [-0.05, 0) is 63.1 Å². The molecule has 2 aromatic carbocycles. The molecule has 330 valence electrons. The number of aliphatic carboxylic acids is 2. The molecule has 0 spiro atoms. The molecule has 1 aliphatic rings. The van der Waals surface area contributed by atoms with Crippen LogP contribution in [0.3, 0.4) is 0 Å². The largest absolute Gasteiger partial charge is 0.481 e. The Morgan fingerprint density at radius 3 is 2.02 bits per heavy atom. The van der Waals surface area contributed by atoms with E-state index in [2.05, 4.69) is 28.2 Å². The highest BCUT2D eigenvalue weighted by Gasteiger charge is 2.35. The van der Waals surface area contributed by atoms with Gasteiger partial charge in [0.15, 0.2) is 0 Å². The van der Waals surface area contributed by atoms with Gasteiger partial charge in [-0.1, -0.05) is 57.6 Å². The zero-order valence-corrected chi connectivity index (χ0v) is 35.2. The lowest BCUT2D eigenvalue weighted by atomic mass is 9.92. The Morgan fingerprint density at radius 1 is 0.683 bits per heavy atom. The number of anilines is 1. The quantitative estimate of drug-likeness (QED) is 0.0459. The molecule has 0 fully saturated rings. The average molecular weight is 838 g/mol. The second-order valence-electron chi connectivity index (χ2n) is 15.5. The number of carbonyl (C=O) groups excluding carboxylic acids is 6. The summed E-state index contributed by atoms with van der Waals surface area (Å²) in [5.41, 5.74) is 7.68. The Kier molecular flexibility index (Phi) is 20.4. The molecule has 0 unspecified atom stereocenters. The topological polar surface area (TPSA) is 258 Å². The monoisotopic (exact) mass is 837 g/mol. The first-order valence-electron chi connectivity index (χ1n) is 21.1. The molecule has 0 saturated carbocycles. The Balaban J connectivity index is 1.62. The number of imide groups is 1. The minimum absolute atomic E-state index is 0.0172. The number of nitrogens with two attached hydrogens (primary N) is 1. The molecule has 60 heavy (non-hydrogen) atoms. The van der Waals surface area contributed by atoms with Crippen LogP contribution in [-0.4, -0.2) is 114 Å². The van der Waals surface area contributed by atoms with E-state index < -0.39 is 59.6 Å². The Labute approximate surface area is 351 Å². The number of unbranched alkanes of at least 4 members (excludes halogenated alkanes) is 7. The number of hydrogen-bond acceptors (Lipinski definition) is 10. The highest BCUT2D eigenvalue weighted by molar-refractivity contribution is 6.26. The number of nitrogens with zero attached hydrogens (tertiary/aromatic N) is 2. The van der Waals surface area contributed by atoms with Crippen molar-refractivity contribution in [1.29, 1.82) is 0 Å². The van der Waals surface area contributed by atoms with Crippen LogP contribution in [0.5, 0.6) is 0 Å². The van der Waals surface area contributed by atoms with E-state index in [4.69, 9.17) is 10.8 Å². The van der Waals surface area contributed by atoms with Gasteiger partial charge in [0.25, 0.3) is 11.8 Å². The van der Waals surface area contributed by atoms with Gasteiger partial charge >= 0.3 is 11.9 Å². The van der Waals surface area contributed by atoms with Crippen molar-refractivity contribution in [3.63, 3.8) is 0 Å². The fourth-order valence-corrected chi connectivity index (χ4v) is 7.10. The zero-order valence-electron chi connectivity index (χ0n) is 35.2. The van der Waals surface area contributed by atoms with Gasteiger partial charge in [0.05, 0.1) is 6.04 Å². The molecule has 8 N–H and O–H groups in total. The standard InChI is InChI=1S/C43H63N7O10/c1-4-5-6-7-8-9-10-18-35(51)45-25-12-11-17-31(44)39(55)48-32(40(56)46-26-23-33(43(59)60)47-36(52)19-14-20-37(53)54)24-27-50-41(57)29-16-13-15-28-34(49(2)3)22-21-30(38(28)29)42(50)58/h13,15-16,21-22,31-33H,4-12,14,17-20,23-27,44H2,1-3H3,(H,45,51)(H,46,56)(H,47,52)(H,48,55)(H,53,54)(H,59,60)/t31-,32+,33+/m0/s1. The first-order chi connectivity index (χ1) is 28.7. The summed E-state index contributed by atoms with van der Waals surface area (Å²) in [4.78, 5) is 104. The van der Waals surface area contributed by atoms with Crippen LogP contribution < -0.4 is 31.9 Å². The third kappa shape index (κ3) is 15.2. The van der Waals surface area contributed by atoms with Gasteiger partial charge < -0.3 is 42.1 Å². The van der Waals surface area contributed by atoms with E-state index in [1.165, 1.54) is 25.7 Å². The predicted octanol–water partition coefficient (Wildman–Crippen LogP) is 3.46. The molecule has 0 aliphatic carbocycles. The van der Waals surface area contributed by atoms with Crippen molar-refractivity contribution in [2.75, 3.05) is 38.6 Å². The SMILES string of the molecule is CCCCCCCCCC(=O)NCCCC[C@H](N)C(=O)N[C@H](CCN1C(=O)c2cccc3c(N(C)C)ccc(c23)C1=O)C(=O)NCC[C@@H](NC(=O)CCCC(=O)O)C(=O)O. The van der Waals surface area contributed by atoms with Crippen LogP contribution in [-0.2, 0) is 28.8 Å². The van der Waals surface area contributed by atoms with Gasteiger partial charge in [-0.15, -0.1) is 0 Å². The second kappa shape index (κ2) is 25.1. The molecule has 17 heteroatoms. The summed E-state index contributed by atoms with van der Waals surface area (Å²) in [6, 6.07) is 4.92. The number of benzene rings is 2. The maximum absolute atomic E-state index is 13.8. The fourth-order valence-electron chi connectivity index (χ4n) is 7.10. The van der Waals surface area contributed by atoms with Crippen molar-refractivity contribution in [3.8, 4) is 0 Å². The number of carbonyl (C=O) groups is 8.